The fourth-order valence-corrected chi connectivity index (χ4v) is 1.88. The Morgan fingerprint density at radius 3 is 2.58 bits per heavy atom. The van der Waals surface area contributed by atoms with E-state index in [0.29, 0.717) is 11.7 Å². The number of hydrogen-bond acceptors (Lipinski definition) is 3. The lowest BCUT2D eigenvalue weighted by molar-refractivity contribution is -0.137. The molecule has 0 radical (unpaired) electrons. The molecule has 1 rings (SSSR count). The van der Waals surface area contributed by atoms with Crippen molar-refractivity contribution in [3.8, 4) is 0 Å². The molecular weight excluding hydrogens is 246 g/mol. The Morgan fingerprint density at radius 1 is 1.42 bits per heavy atom. The van der Waals surface area contributed by atoms with Crippen LogP contribution in [0.1, 0.15) is 49.6 Å². The van der Waals surface area contributed by atoms with E-state index in [0.717, 1.165) is 12.8 Å². The fourth-order valence-electron chi connectivity index (χ4n) is 1.88. The van der Waals surface area contributed by atoms with Gasteiger partial charge in [-0.15, -0.1) is 0 Å². The third kappa shape index (κ3) is 4.08. The lowest BCUT2D eigenvalue weighted by Gasteiger charge is -2.15. The summed E-state index contributed by atoms with van der Waals surface area (Å²) in [5.74, 6) is -1.16. The molecule has 6 heteroatoms. The summed E-state index contributed by atoms with van der Waals surface area (Å²) in [5.41, 5.74) is 0.361. The van der Waals surface area contributed by atoms with Gasteiger partial charge in [0.2, 0.25) is 0 Å². The van der Waals surface area contributed by atoms with Crippen LogP contribution < -0.4 is 0 Å². The molecule has 0 spiro atoms. The lowest BCUT2D eigenvalue weighted by Crippen LogP contribution is -2.29. The van der Waals surface area contributed by atoms with Gasteiger partial charge in [0.15, 0.2) is 0 Å². The number of carbonyl (C=O) groups excluding carboxylic acids is 1. The molecule has 0 fully saturated rings. The first kappa shape index (κ1) is 15.2. The van der Waals surface area contributed by atoms with Gasteiger partial charge >= 0.3 is 5.97 Å². The van der Waals surface area contributed by atoms with Crippen molar-refractivity contribution in [1.29, 1.82) is 0 Å². The van der Waals surface area contributed by atoms with Gasteiger partial charge in [-0.25, -0.2) is 0 Å². The third-order valence-corrected chi connectivity index (χ3v) is 3.15. The molecule has 0 unspecified atom stereocenters. The Labute approximate surface area is 113 Å². The van der Waals surface area contributed by atoms with E-state index in [1.165, 1.54) is 4.90 Å². The number of aromatic nitrogens is 2. The van der Waals surface area contributed by atoms with Gasteiger partial charge in [0.1, 0.15) is 5.69 Å². The molecule has 1 heterocycles. The van der Waals surface area contributed by atoms with Gasteiger partial charge in [-0.1, -0.05) is 13.8 Å². The van der Waals surface area contributed by atoms with Crippen molar-refractivity contribution in [2.75, 3.05) is 13.6 Å². The molecule has 1 amide bonds. The number of carboxylic acid groups (broad SMARTS) is 1. The minimum Gasteiger partial charge on any atom is -0.481 e. The highest BCUT2D eigenvalue weighted by Crippen LogP contribution is 2.15. The number of rotatable bonds is 7. The molecule has 0 aliphatic carbocycles. The number of nitrogens with zero attached hydrogens (tertiary/aromatic N) is 3. The second-order valence-corrected chi connectivity index (χ2v) is 4.52. The summed E-state index contributed by atoms with van der Waals surface area (Å²) in [7, 11) is 1.58. The number of hydrogen-bond donors (Lipinski definition) is 1. The molecule has 0 saturated heterocycles. The Balaban J connectivity index is 2.69. The van der Waals surface area contributed by atoms with E-state index in [1.54, 1.807) is 24.0 Å². The molecule has 0 aliphatic heterocycles. The van der Waals surface area contributed by atoms with Crippen LogP contribution in [0.4, 0.5) is 0 Å². The van der Waals surface area contributed by atoms with E-state index in [2.05, 4.69) is 18.9 Å². The van der Waals surface area contributed by atoms with Crippen LogP contribution in [0, 0.1) is 0 Å². The molecule has 0 saturated carbocycles. The summed E-state index contributed by atoms with van der Waals surface area (Å²) in [6.45, 7) is 4.35. The topological polar surface area (TPSA) is 75.4 Å². The van der Waals surface area contributed by atoms with Gasteiger partial charge in [-0.2, -0.15) is 5.10 Å². The first-order valence-electron chi connectivity index (χ1n) is 6.52. The lowest BCUT2D eigenvalue weighted by atomic mass is 10.2. The molecule has 106 valence electrons. The summed E-state index contributed by atoms with van der Waals surface area (Å²) in [4.78, 5) is 23.9. The van der Waals surface area contributed by atoms with Crippen molar-refractivity contribution in [3.05, 3.63) is 18.0 Å². The minimum absolute atomic E-state index is 0.0600. The quantitative estimate of drug-likeness (QED) is 0.817. The second-order valence-electron chi connectivity index (χ2n) is 4.52. The summed E-state index contributed by atoms with van der Waals surface area (Å²) in [6.07, 6.45) is 3.66. The van der Waals surface area contributed by atoms with Crippen molar-refractivity contribution in [2.24, 2.45) is 0 Å². The van der Waals surface area contributed by atoms with E-state index in [4.69, 9.17) is 5.11 Å². The molecule has 1 aromatic heterocycles. The maximum Gasteiger partial charge on any atom is 0.305 e. The highest BCUT2D eigenvalue weighted by Gasteiger charge is 2.17. The van der Waals surface area contributed by atoms with Gasteiger partial charge in [-0.05, 0) is 18.9 Å². The maximum absolute atomic E-state index is 12.0. The first-order valence-corrected chi connectivity index (χ1v) is 6.52. The zero-order valence-corrected chi connectivity index (χ0v) is 11.7. The van der Waals surface area contributed by atoms with Crippen LogP contribution in [-0.4, -0.2) is 45.3 Å². The van der Waals surface area contributed by atoms with E-state index >= 15 is 0 Å². The molecule has 1 N–H and O–H groups in total. The third-order valence-electron chi connectivity index (χ3n) is 3.15. The number of aliphatic carboxylic acids is 1. The molecule has 19 heavy (non-hydrogen) atoms. The SMILES string of the molecule is CCC(CC)n1ccc(C(=O)N(C)CCC(=O)O)n1. The van der Waals surface area contributed by atoms with Crippen molar-refractivity contribution in [2.45, 2.75) is 39.2 Å². The normalized spacial score (nSPS) is 10.7. The summed E-state index contributed by atoms with van der Waals surface area (Å²) in [6, 6.07) is 1.98. The van der Waals surface area contributed by atoms with Crippen LogP contribution in [0.5, 0.6) is 0 Å². The van der Waals surface area contributed by atoms with Gasteiger partial charge in [-0.3, -0.25) is 14.3 Å². The Kier molecular flexibility index (Phi) is 5.54. The highest BCUT2D eigenvalue weighted by atomic mass is 16.4. The molecule has 6 nitrogen and oxygen atoms in total. The van der Waals surface area contributed by atoms with Crippen molar-refractivity contribution >= 4 is 11.9 Å². The van der Waals surface area contributed by atoms with Crippen LogP contribution in [0.2, 0.25) is 0 Å². The van der Waals surface area contributed by atoms with Crippen molar-refractivity contribution < 1.29 is 14.7 Å². The number of carbonyl (C=O) groups is 2. The van der Waals surface area contributed by atoms with Gasteiger partial charge in [0.25, 0.3) is 5.91 Å². The van der Waals surface area contributed by atoms with Gasteiger partial charge in [0, 0.05) is 19.8 Å². The van der Waals surface area contributed by atoms with Crippen LogP contribution in [-0.2, 0) is 4.79 Å². The summed E-state index contributed by atoms with van der Waals surface area (Å²) >= 11 is 0. The monoisotopic (exact) mass is 267 g/mol. The van der Waals surface area contributed by atoms with Crippen LogP contribution in [0.3, 0.4) is 0 Å². The molecule has 0 aromatic carbocycles. The predicted molar refractivity (Wildman–Crippen MR) is 71.1 cm³/mol. The van der Waals surface area contributed by atoms with E-state index in [-0.39, 0.29) is 18.9 Å². The minimum atomic E-state index is -0.915. The zero-order chi connectivity index (χ0) is 14.4. The van der Waals surface area contributed by atoms with Gasteiger partial charge < -0.3 is 10.0 Å². The zero-order valence-electron chi connectivity index (χ0n) is 11.7. The van der Waals surface area contributed by atoms with Crippen molar-refractivity contribution in [1.82, 2.24) is 14.7 Å². The molecule has 0 bridgehead atoms. The smallest absolute Gasteiger partial charge is 0.305 e. The predicted octanol–water partition coefficient (Wildman–Crippen LogP) is 1.79. The average Bonchev–Trinajstić information content (AvgIpc) is 2.86. The second kappa shape index (κ2) is 6.92. The van der Waals surface area contributed by atoms with Crippen LogP contribution in [0.15, 0.2) is 12.3 Å². The average molecular weight is 267 g/mol. The van der Waals surface area contributed by atoms with Crippen molar-refractivity contribution in [3.63, 3.8) is 0 Å². The number of carboxylic acids is 1. The largest absolute Gasteiger partial charge is 0.481 e. The Morgan fingerprint density at radius 2 is 2.05 bits per heavy atom. The molecule has 1 aromatic rings. The van der Waals surface area contributed by atoms with Crippen LogP contribution >= 0.6 is 0 Å². The highest BCUT2D eigenvalue weighted by molar-refractivity contribution is 5.92. The summed E-state index contributed by atoms with van der Waals surface area (Å²) < 4.78 is 1.80. The van der Waals surface area contributed by atoms with E-state index < -0.39 is 5.97 Å². The first-order chi connectivity index (χ1) is 8.99. The fraction of sp³-hybridized carbons (Fsp3) is 0.615. The number of amides is 1. The van der Waals surface area contributed by atoms with E-state index in [9.17, 15) is 9.59 Å². The van der Waals surface area contributed by atoms with E-state index in [1.807, 2.05) is 0 Å². The Hall–Kier alpha value is -1.85. The Bertz CT molecular complexity index is 438. The summed E-state index contributed by atoms with van der Waals surface area (Å²) in [5, 5.41) is 12.9. The molecular formula is C13H21N3O3. The van der Waals surface area contributed by atoms with Crippen LogP contribution in [0.25, 0.3) is 0 Å². The standard InChI is InChI=1S/C13H21N3O3/c1-4-10(5-2)16-9-6-11(14-16)13(19)15(3)8-7-12(17)18/h6,9-10H,4-5,7-8H2,1-3H3,(H,17,18). The molecule has 0 aliphatic rings. The maximum atomic E-state index is 12.0. The van der Waals surface area contributed by atoms with Gasteiger partial charge in [0.05, 0.1) is 12.5 Å². The molecule has 0 atom stereocenters.